The lowest BCUT2D eigenvalue weighted by Gasteiger charge is -2.20. The summed E-state index contributed by atoms with van der Waals surface area (Å²) in [5, 5.41) is 1.42. The molecule has 4 aromatic rings. The smallest absolute Gasteiger partial charge is 0.229 e. The number of hydrogen-bond donors (Lipinski definition) is 0. The Morgan fingerprint density at radius 1 is 1.09 bits per heavy atom. The fraction of sp³-hybridized carbons (Fsp3) is 0.200. The Morgan fingerprint density at radius 2 is 1.88 bits per heavy atom. The molecule has 4 rings (SSSR count). The van der Waals surface area contributed by atoms with E-state index in [1.807, 2.05) is 79.7 Å². The normalized spacial score (nSPS) is 10.9. The second-order valence-corrected chi connectivity index (χ2v) is 9.69. The van der Waals surface area contributed by atoms with Crippen LogP contribution >= 0.6 is 34.7 Å². The van der Waals surface area contributed by atoms with Crippen LogP contribution in [0.4, 0.5) is 5.13 Å². The summed E-state index contributed by atoms with van der Waals surface area (Å²) in [6.07, 6.45) is 0.417. The molecule has 0 saturated carbocycles. The van der Waals surface area contributed by atoms with Crippen LogP contribution < -0.4 is 9.64 Å². The van der Waals surface area contributed by atoms with Crippen LogP contribution in [0.1, 0.15) is 18.9 Å². The number of rotatable bonds is 9. The van der Waals surface area contributed by atoms with E-state index in [-0.39, 0.29) is 5.91 Å². The van der Waals surface area contributed by atoms with Gasteiger partial charge in [0, 0.05) is 22.1 Å². The lowest BCUT2D eigenvalue weighted by atomic mass is 10.2. The number of carbonyl (C=O) groups is 1. The van der Waals surface area contributed by atoms with Crippen LogP contribution in [0.2, 0.25) is 5.02 Å². The number of benzene rings is 3. The summed E-state index contributed by atoms with van der Waals surface area (Å²) in [5.41, 5.74) is 1.94. The van der Waals surface area contributed by atoms with Crippen molar-refractivity contribution in [3.05, 3.63) is 83.4 Å². The minimum Gasteiger partial charge on any atom is -0.494 e. The molecule has 0 aliphatic rings. The van der Waals surface area contributed by atoms with E-state index in [1.54, 1.807) is 16.7 Å². The SMILES string of the molecule is CCOc1ccc2nc(N(Cc3ccccc3)C(=O)CCSc3ccc(Cl)cc3)sc2c1. The minimum absolute atomic E-state index is 0.0550. The number of anilines is 1. The Morgan fingerprint density at radius 3 is 2.62 bits per heavy atom. The summed E-state index contributed by atoms with van der Waals surface area (Å²) < 4.78 is 6.62. The molecule has 0 atom stereocenters. The number of nitrogens with zero attached hydrogens (tertiary/aromatic N) is 2. The van der Waals surface area contributed by atoms with Crippen molar-refractivity contribution < 1.29 is 9.53 Å². The van der Waals surface area contributed by atoms with Crippen molar-refractivity contribution in [2.45, 2.75) is 24.8 Å². The molecule has 0 radical (unpaired) electrons. The summed E-state index contributed by atoms with van der Waals surface area (Å²) in [7, 11) is 0. The zero-order chi connectivity index (χ0) is 22.3. The molecule has 1 heterocycles. The molecule has 1 aromatic heterocycles. The zero-order valence-electron chi connectivity index (χ0n) is 17.7. The van der Waals surface area contributed by atoms with Gasteiger partial charge in [-0.05, 0) is 55.0 Å². The van der Waals surface area contributed by atoms with Crippen molar-refractivity contribution >= 4 is 56.0 Å². The van der Waals surface area contributed by atoms with E-state index in [1.165, 1.54) is 11.3 Å². The van der Waals surface area contributed by atoms with Gasteiger partial charge < -0.3 is 4.74 Å². The highest BCUT2D eigenvalue weighted by molar-refractivity contribution is 7.99. The molecule has 0 bridgehead atoms. The van der Waals surface area contributed by atoms with E-state index >= 15 is 0 Å². The van der Waals surface area contributed by atoms with E-state index in [4.69, 9.17) is 21.3 Å². The molecule has 0 N–H and O–H groups in total. The van der Waals surface area contributed by atoms with Gasteiger partial charge in [-0.25, -0.2) is 4.98 Å². The molecule has 3 aromatic carbocycles. The Hall–Kier alpha value is -2.54. The first-order valence-electron chi connectivity index (χ1n) is 10.4. The van der Waals surface area contributed by atoms with Crippen LogP contribution in [0, 0.1) is 0 Å². The van der Waals surface area contributed by atoms with Crippen molar-refractivity contribution in [3.8, 4) is 5.75 Å². The number of thiazole rings is 1. The zero-order valence-corrected chi connectivity index (χ0v) is 20.1. The molecule has 4 nitrogen and oxygen atoms in total. The molecule has 32 heavy (non-hydrogen) atoms. The quantitative estimate of drug-likeness (QED) is 0.239. The Kier molecular flexibility index (Phi) is 7.68. The largest absolute Gasteiger partial charge is 0.494 e. The number of halogens is 1. The van der Waals surface area contributed by atoms with Crippen molar-refractivity contribution in [1.29, 1.82) is 0 Å². The van der Waals surface area contributed by atoms with Crippen molar-refractivity contribution in [1.82, 2.24) is 4.98 Å². The first kappa shape index (κ1) is 22.6. The van der Waals surface area contributed by atoms with Crippen LogP contribution in [0.5, 0.6) is 5.75 Å². The number of amides is 1. The van der Waals surface area contributed by atoms with Gasteiger partial charge in [-0.15, -0.1) is 11.8 Å². The topological polar surface area (TPSA) is 42.4 Å². The summed E-state index contributed by atoms with van der Waals surface area (Å²) in [5.74, 6) is 1.56. The molecule has 0 aliphatic heterocycles. The molecular weight excluding hydrogens is 460 g/mol. The van der Waals surface area contributed by atoms with Gasteiger partial charge in [-0.2, -0.15) is 0 Å². The second kappa shape index (κ2) is 10.9. The maximum Gasteiger partial charge on any atom is 0.229 e. The van der Waals surface area contributed by atoms with Crippen LogP contribution in [0.15, 0.2) is 77.7 Å². The highest BCUT2D eigenvalue weighted by Gasteiger charge is 2.20. The number of hydrogen-bond acceptors (Lipinski definition) is 5. The lowest BCUT2D eigenvalue weighted by molar-refractivity contribution is -0.118. The summed E-state index contributed by atoms with van der Waals surface area (Å²) >= 11 is 9.13. The van der Waals surface area contributed by atoms with E-state index in [2.05, 4.69) is 0 Å². The maximum atomic E-state index is 13.3. The van der Waals surface area contributed by atoms with Gasteiger partial charge in [0.05, 0.1) is 23.4 Å². The van der Waals surface area contributed by atoms with Crippen LogP contribution in [0.3, 0.4) is 0 Å². The standard InChI is InChI=1S/C25H23ClN2O2S2/c1-2-30-20-10-13-22-23(16-20)32-25(27-22)28(17-18-6-4-3-5-7-18)24(29)14-15-31-21-11-8-19(26)9-12-21/h3-13,16H,2,14-15,17H2,1H3. The van der Waals surface area contributed by atoms with Crippen molar-refractivity contribution in [3.63, 3.8) is 0 Å². The van der Waals surface area contributed by atoms with Crippen molar-refractivity contribution in [2.24, 2.45) is 0 Å². The molecule has 7 heteroatoms. The Bertz CT molecular complexity index is 1180. The maximum absolute atomic E-state index is 13.3. The summed E-state index contributed by atoms with van der Waals surface area (Å²) in [6.45, 7) is 3.06. The Labute approximate surface area is 201 Å². The number of fused-ring (bicyclic) bond motifs is 1. The highest BCUT2D eigenvalue weighted by Crippen LogP contribution is 2.33. The van der Waals surface area contributed by atoms with Crippen molar-refractivity contribution in [2.75, 3.05) is 17.3 Å². The Balaban J connectivity index is 1.53. The molecule has 0 spiro atoms. The van der Waals surface area contributed by atoms with E-state index in [0.717, 1.165) is 26.4 Å². The number of ether oxygens (including phenoxy) is 1. The van der Waals surface area contributed by atoms with Crippen LogP contribution in [-0.4, -0.2) is 23.3 Å². The third kappa shape index (κ3) is 5.82. The molecule has 0 saturated heterocycles. The number of aromatic nitrogens is 1. The predicted molar refractivity (Wildman–Crippen MR) is 135 cm³/mol. The first-order chi connectivity index (χ1) is 15.6. The van der Waals surface area contributed by atoms with Gasteiger partial charge >= 0.3 is 0 Å². The molecule has 164 valence electrons. The van der Waals surface area contributed by atoms with E-state index < -0.39 is 0 Å². The highest BCUT2D eigenvalue weighted by atomic mass is 35.5. The minimum atomic E-state index is 0.0550. The lowest BCUT2D eigenvalue weighted by Crippen LogP contribution is -2.30. The predicted octanol–water partition coefficient (Wildman–Crippen LogP) is 7.06. The molecule has 0 fully saturated rings. The third-order valence-corrected chi connectivity index (χ3v) is 7.08. The molecular formula is C25H23ClN2O2S2. The third-order valence-electron chi connectivity index (χ3n) is 4.77. The van der Waals surface area contributed by atoms with Gasteiger partial charge in [-0.1, -0.05) is 53.3 Å². The van der Waals surface area contributed by atoms with Gasteiger partial charge in [0.25, 0.3) is 0 Å². The second-order valence-electron chi connectivity index (χ2n) is 7.08. The molecule has 0 unspecified atom stereocenters. The monoisotopic (exact) mass is 482 g/mol. The van der Waals surface area contributed by atoms with Crippen LogP contribution in [0.25, 0.3) is 10.2 Å². The number of carbonyl (C=O) groups excluding carboxylic acids is 1. The average Bonchev–Trinajstić information content (AvgIpc) is 3.22. The van der Waals surface area contributed by atoms with Gasteiger partial charge in [-0.3, -0.25) is 9.69 Å². The van der Waals surface area contributed by atoms with Gasteiger partial charge in [0.1, 0.15) is 5.75 Å². The van der Waals surface area contributed by atoms with E-state index in [9.17, 15) is 4.79 Å². The average molecular weight is 483 g/mol. The summed E-state index contributed by atoms with van der Waals surface area (Å²) in [6, 6.07) is 23.5. The first-order valence-corrected chi connectivity index (χ1v) is 12.6. The van der Waals surface area contributed by atoms with Crippen LogP contribution in [-0.2, 0) is 11.3 Å². The molecule has 0 aliphatic carbocycles. The van der Waals surface area contributed by atoms with Gasteiger partial charge in [0.15, 0.2) is 5.13 Å². The fourth-order valence-corrected chi connectivity index (χ4v) is 5.19. The molecule has 1 amide bonds. The fourth-order valence-electron chi connectivity index (χ4n) is 3.22. The number of thioether (sulfide) groups is 1. The summed E-state index contributed by atoms with van der Waals surface area (Å²) in [4.78, 5) is 20.9. The van der Waals surface area contributed by atoms with Gasteiger partial charge in [0.2, 0.25) is 5.91 Å². The van der Waals surface area contributed by atoms with E-state index in [0.29, 0.717) is 35.5 Å².